The number of hydrogen-bond donors (Lipinski definition) is 1. The van der Waals surface area contributed by atoms with Crippen LogP contribution in [0.4, 0.5) is 4.39 Å². The van der Waals surface area contributed by atoms with E-state index >= 15 is 0 Å². The molecule has 1 unspecified atom stereocenters. The van der Waals surface area contributed by atoms with E-state index in [0.29, 0.717) is 12.8 Å². The molecule has 0 spiro atoms. The van der Waals surface area contributed by atoms with Crippen LogP contribution in [-0.2, 0) is 0 Å². The number of nitriles is 1. The highest BCUT2D eigenvalue weighted by atomic mass is 35.5. The molecule has 0 heterocycles. The Hall–Kier alpha value is -1.11. The van der Waals surface area contributed by atoms with Gasteiger partial charge in [-0.15, -0.1) is 0 Å². The van der Waals surface area contributed by atoms with Crippen molar-refractivity contribution >= 4 is 11.6 Å². The summed E-state index contributed by atoms with van der Waals surface area (Å²) in [5, 5.41) is 19.7. The molecule has 1 aromatic carbocycles. The van der Waals surface area contributed by atoms with Crippen molar-refractivity contribution in [1.82, 2.24) is 0 Å². The van der Waals surface area contributed by atoms with Gasteiger partial charge in [0, 0.05) is 10.6 Å². The largest absolute Gasteiger partial charge is 0.387 e. The highest BCUT2D eigenvalue weighted by Gasteiger charge is 2.43. The maximum absolute atomic E-state index is 13.7. The Kier molecular flexibility index (Phi) is 3.37. The minimum atomic E-state index is -1.15. The van der Waals surface area contributed by atoms with Crippen LogP contribution >= 0.6 is 11.6 Å². The quantitative estimate of drug-likeness (QED) is 0.875. The average Bonchev–Trinajstić information content (AvgIpc) is 2.78. The van der Waals surface area contributed by atoms with Crippen LogP contribution in [0.2, 0.25) is 5.02 Å². The SMILES string of the molecule is N#CC1(C(O)c2c(F)cccc2Cl)CCCC1. The second-order valence-electron chi connectivity index (χ2n) is 4.51. The van der Waals surface area contributed by atoms with Crippen LogP contribution in [0.15, 0.2) is 18.2 Å². The average molecular weight is 254 g/mol. The van der Waals surface area contributed by atoms with Crippen molar-refractivity contribution < 1.29 is 9.50 Å². The van der Waals surface area contributed by atoms with E-state index in [0.717, 1.165) is 12.8 Å². The number of hydrogen-bond acceptors (Lipinski definition) is 2. The molecule has 2 nitrogen and oxygen atoms in total. The Morgan fingerprint density at radius 3 is 2.59 bits per heavy atom. The third kappa shape index (κ3) is 2.03. The predicted molar refractivity (Wildman–Crippen MR) is 62.9 cm³/mol. The standard InChI is InChI=1S/C13H13ClFNO/c14-9-4-3-5-10(15)11(9)12(17)13(8-16)6-1-2-7-13/h3-5,12,17H,1-2,6-7H2. The van der Waals surface area contributed by atoms with E-state index in [2.05, 4.69) is 6.07 Å². The van der Waals surface area contributed by atoms with Crippen LogP contribution in [-0.4, -0.2) is 5.11 Å². The summed E-state index contributed by atoms with van der Waals surface area (Å²) >= 11 is 5.91. The van der Waals surface area contributed by atoms with Crippen LogP contribution in [0.1, 0.15) is 37.4 Å². The third-order valence-electron chi connectivity index (χ3n) is 3.52. The van der Waals surface area contributed by atoms with Crippen LogP contribution in [0.3, 0.4) is 0 Å². The van der Waals surface area contributed by atoms with Crippen molar-refractivity contribution in [3.05, 3.63) is 34.6 Å². The van der Waals surface area contributed by atoms with Gasteiger partial charge in [-0.2, -0.15) is 5.26 Å². The van der Waals surface area contributed by atoms with Gasteiger partial charge in [0.15, 0.2) is 0 Å². The molecule has 0 amide bonds. The fraction of sp³-hybridized carbons (Fsp3) is 0.462. The second-order valence-corrected chi connectivity index (χ2v) is 4.92. The van der Waals surface area contributed by atoms with Crippen LogP contribution in [0.5, 0.6) is 0 Å². The molecule has 1 atom stereocenters. The normalized spacial score (nSPS) is 19.9. The molecular weight excluding hydrogens is 241 g/mol. The second kappa shape index (κ2) is 4.64. The molecule has 1 aromatic rings. The van der Waals surface area contributed by atoms with E-state index in [1.54, 1.807) is 0 Å². The summed E-state index contributed by atoms with van der Waals surface area (Å²) in [5.41, 5.74) is -0.830. The smallest absolute Gasteiger partial charge is 0.130 e. The van der Waals surface area contributed by atoms with Crippen molar-refractivity contribution in [2.45, 2.75) is 31.8 Å². The molecule has 0 radical (unpaired) electrons. The van der Waals surface area contributed by atoms with Gasteiger partial charge in [0.2, 0.25) is 0 Å². The first-order valence-corrected chi connectivity index (χ1v) is 6.02. The maximum Gasteiger partial charge on any atom is 0.130 e. The molecule has 1 aliphatic carbocycles. The topological polar surface area (TPSA) is 44.0 Å². The number of aliphatic hydroxyl groups is 1. The number of benzene rings is 1. The number of halogens is 2. The lowest BCUT2D eigenvalue weighted by atomic mass is 9.78. The van der Waals surface area contributed by atoms with Gasteiger partial charge in [0.05, 0.1) is 11.5 Å². The minimum Gasteiger partial charge on any atom is -0.387 e. The number of nitrogens with zero attached hydrogens (tertiary/aromatic N) is 1. The van der Waals surface area contributed by atoms with E-state index in [-0.39, 0.29) is 10.6 Å². The fourth-order valence-corrected chi connectivity index (χ4v) is 2.77. The van der Waals surface area contributed by atoms with Crippen LogP contribution in [0.25, 0.3) is 0 Å². The minimum absolute atomic E-state index is 0.0533. The zero-order chi connectivity index (χ0) is 12.5. The fourth-order valence-electron chi connectivity index (χ4n) is 2.50. The molecule has 1 fully saturated rings. The molecule has 0 aromatic heterocycles. The Bertz CT molecular complexity index is 443. The van der Waals surface area contributed by atoms with Crippen molar-refractivity contribution in [3.63, 3.8) is 0 Å². The van der Waals surface area contributed by atoms with Crippen molar-refractivity contribution in [2.24, 2.45) is 5.41 Å². The molecule has 4 heteroatoms. The van der Waals surface area contributed by atoms with Crippen LogP contribution in [0, 0.1) is 22.6 Å². The highest BCUT2D eigenvalue weighted by Crippen LogP contribution is 2.48. The summed E-state index contributed by atoms with van der Waals surface area (Å²) in [7, 11) is 0. The summed E-state index contributed by atoms with van der Waals surface area (Å²) in [4.78, 5) is 0. The lowest BCUT2D eigenvalue weighted by Gasteiger charge is -2.28. The van der Waals surface area contributed by atoms with E-state index in [1.165, 1.54) is 18.2 Å². The van der Waals surface area contributed by atoms with Gasteiger partial charge in [0.1, 0.15) is 11.9 Å². The Labute approximate surface area is 105 Å². The van der Waals surface area contributed by atoms with E-state index in [1.807, 2.05) is 0 Å². The summed E-state index contributed by atoms with van der Waals surface area (Å²) < 4.78 is 13.7. The van der Waals surface area contributed by atoms with Crippen molar-refractivity contribution in [1.29, 1.82) is 5.26 Å². The Morgan fingerprint density at radius 1 is 1.41 bits per heavy atom. The number of rotatable bonds is 2. The summed E-state index contributed by atoms with van der Waals surface area (Å²) in [6, 6.07) is 6.43. The van der Waals surface area contributed by atoms with Gasteiger partial charge in [0.25, 0.3) is 0 Å². The van der Waals surface area contributed by atoms with Gasteiger partial charge in [-0.3, -0.25) is 0 Å². The summed E-state index contributed by atoms with van der Waals surface area (Å²) in [6.07, 6.45) is 1.81. The lowest BCUT2D eigenvalue weighted by molar-refractivity contribution is 0.0640. The first-order valence-electron chi connectivity index (χ1n) is 5.64. The molecule has 90 valence electrons. The van der Waals surface area contributed by atoms with Gasteiger partial charge >= 0.3 is 0 Å². The Balaban J connectivity index is 2.43. The highest BCUT2D eigenvalue weighted by molar-refractivity contribution is 6.31. The first-order chi connectivity index (χ1) is 8.10. The van der Waals surface area contributed by atoms with Crippen LogP contribution < -0.4 is 0 Å². The molecule has 1 N–H and O–H groups in total. The molecular formula is C13H13ClFNO. The molecule has 1 saturated carbocycles. The third-order valence-corrected chi connectivity index (χ3v) is 3.84. The zero-order valence-electron chi connectivity index (χ0n) is 9.29. The monoisotopic (exact) mass is 253 g/mol. The molecule has 0 aliphatic heterocycles. The molecule has 0 saturated heterocycles. The van der Waals surface area contributed by atoms with E-state index < -0.39 is 17.3 Å². The lowest BCUT2D eigenvalue weighted by Crippen LogP contribution is -2.25. The molecule has 2 rings (SSSR count). The Morgan fingerprint density at radius 2 is 2.06 bits per heavy atom. The van der Waals surface area contributed by atoms with Gasteiger partial charge < -0.3 is 5.11 Å². The van der Waals surface area contributed by atoms with Crippen molar-refractivity contribution in [3.8, 4) is 6.07 Å². The van der Waals surface area contributed by atoms with Gasteiger partial charge in [-0.1, -0.05) is 30.5 Å². The predicted octanol–water partition coefficient (Wildman–Crippen LogP) is 3.60. The molecule has 0 bridgehead atoms. The maximum atomic E-state index is 13.7. The molecule has 17 heavy (non-hydrogen) atoms. The first kappa shape index (κ1) is 12.3. The van der Waals surface area contributed by atoms with E-state index in [9.17, 15) is 14.8 Å². The number of aliphatic hydroxyl groups excluding tert-OH is 1. The summed E-state index contributed by atoms with van der Waals surface area (Å²) in [5.74, 6) is -0.550. The van der Waals surface area contributed by atoms with E-state index in [4.69, 9.17) is 11.6 Å². The van der Waals surface area contributed by atoms with Crippen molar-refractivity contribution in [2.75, 3.05) is 0 Å². The molecule has 1 aliphatic rings. The van der Waals surface area contributed by atoms with Gasteiger partial charge in [-0.05, 0) is 25.0 Å². The van der Waals surface area contributed by atoms with Gasteiger partial charge in [-0.25, -0.2) is 4.39 Å². The summed E-state index contributed by atoms with van der Waals surface area (Å²) in [6.45, 7) is 0. The zero-order valence-corrected chi connectivity index (χ0v) is 10.0.